The Morgan fingerprint density at radius 1 is 1.35 bits per heavy atom. The van der Waals surface area contributed by atoms with Gasteiger partial charge in [0.15, 0.2) is 0 Å². The van der Waals surface area contributed by atoms with E-state index >= 15 is 0 Å². The average molecular weight is 394 g/mol. The van der Waals surface area contributed by atoms with E-state index in [2.05, 4.69) is 4.98 Å². The van der Waals surface area contributed by atoms with Gasteiger partial charge in [-0.3, -0.25) is 9.59 Å². The van der Waals surface area contributed by atoms with Gasteiger partial charge in [-0.1, -0.05) is 11.6 Å². The van der Waals surface area contributed by atoms with Crippen molar-refractivity contribution >= 4 is 34.8 Å². The summed E-state index contributed by atoms with van der Waals surface area (Å²) in [4.78, 5) is 30.3. The summed E-state index contributed by atoms with van der Waals surface area (Å²) in [6, 6.07) is 7.12. The molecule has 6 nitrogen and oxygen atoms in total. The molecule has 2 heterocycles. The van der Waals surface area contributed by atoms with Crippen LogP contribution in [0, 0.1) is 5.92 Å². The number of hydrogen-bond donors (Lipinski definition) is 1. The molecule has 8 heteroatoms. The largest absolute Gasteiger partial charge is 0.486 e. The zero-order chi connectivity index (χ0) is 18.7. The van der Waals surface area contributed by atoms with Crippen molar-refractivity contribution in [1.82, 2.24) is 9.88 Å². The number of thiazole rings is 1. The van der Waals surface area contributed by atoms with Gasteiger partial charge in [-0.15, -0.1) is 11.3 Å². The zero-order valence-corrected chi connectivity index (χ0v) is 15.9. The van der Waals surface area contributed by atoms with E-state index in [4.69, 9.17) is 22.1 Å². The lowest BCUT2D eigenvalue weighted by Gasteiger charge is -2.36. The molecule has 1 aliphatic heterocycles. The molecule has 0 aliphatic carbocycles. The molecule has 1 saturated heterocycles. The Hall–Kier alpha value is -2.12. The van der Waals surface area contributed by atoms with E-state index in [0.717, 1.165) is 12.8 Å². The number of ether oxygens (including phenoxy) is 1. The number of likely N-dealkylation sites (tertiary alicyclic amines) is 1. The average Bonchev–Trinajstić information content (AvgIpc) is 3.10. The second-order valence-corrected chi connectivity index (χ2v) is 7.73. The van der Waals surface area contributed by atoms with Crippen molar-refractivity contribution in [1.29, 1.82) is 0 Å². The van der Waals surface area contributed by atoms with Crippen molar-refractivity contribution in [2.24, 2.45) is 11.7 Å². The smallest absolute Gasteiger partial charge is 0.273 e. The Kier molecular flexibility index (Phi) is 5.78. The molecular weight excluding hydrogens is 374 g/mol. The molecule has 1 fully saturated rings. The predicted molar refractivity (Wildman–Crippen MR) is 100 cm³/mol. The Labute approximate surface area is 160 Å². The van der Waals surface area contributed by atoms with Crippen molar-refractivity contribution in [2.75, 3.05) is 6.54 Å². The van der Waals surface area contributed by atoms with Crippen molar-refractivity contribution in [3.63, 3.8) is 0 Å². The number of rotatable bonds is 5. The number of nitrogens with zero attached hydrogens (tertiary/aromatic N) is 2. The van der Waals surface area contributed by atoms with Gasteiger partial charge >= 0.3 is 0 Å². The van der Waals surface area contributed by atoms with Crippen LogP contribution in [0.3, 0.4) is 0 Å². The van der Waals surface area contributed by atoms with Crippen LogP contribution in [0.5, 0.6) is 5.75 Å². The number of primary amides is 1. The summed E-state index contributed by atoms with van der Waals surface area (Å²) in [7, 11) is 0. The number of aromatic nitrogens is 1. The molecule has 2 N–H and O–H groups in total. The van der Waals surface area contributed by atoms with E-state index in [-0.39, 0.29) is 30.4 Å². The molecule has 2 unspecified atom stereocenters. The number of carbonyl (C=O) groups is 2. The summed E-state index contributed by atoms with van der Waals surface area (Å²) in [6.07, 6.45) is 1.48. The first-order valence-electron chi connectivity index (χ1n) is 8.37. The van der Waals surface area contributed by atoms with Crippen LogP contribution in [-0.2, 0) is 11.4 Å². The predicted octanol–water partition coefficient (Wildman–Crippen LogP) is 3.10. The van der Waals surface area contributed by atoms with Gasteiger partial charge in [0.1, 0.15) is 23.1 Å². The highest BCUT2D eigenvalue weighted by atomic mass is 35.5. The minimum absolute atomic E-state index is 0.0635. The fraction of sp³-hybridized carbons (Fsp3) is 0.389. The number of amides is 2. The van der Waals surface area contributed by atoms with Crippen LogP contribution in [0.1, 0.15) is 35.3 Å². The summed E-state index contributed by atoms with van der Waals surface area (Å²) in [5.74, 6) is -0.129. The summed E-state index contributed by atoms with van der Waals surface area (Å²) < 4.78 is 5.66. The number of carbonyl (C=O) groups excluding carboxylic acids is 2. The van der Waals surface area contributed by atoms with E-state index < -0.39 is 0 Å². The van der Waals surface area contributed by atoms with Crippen molar-refractivity contribution in [2.45, 2.75) is 32.4 Å². The number of benzene rings is 1. The van der Waals surface area contributed by atoms with Gasteiger partial charge in [-0.05, 0) is 44.0 Å². The van der Waals surface area contributed by atoms with Crippen molar-refractivity contribution in [3.8, 4) is 5.75 Å². The Morgan fingerprint density at radius 2 is 2.08 bits per heavy atom. The molecule has 2 atom stereocenters. The second-order valence-electron chi connectivity index (χ2n) is 6.35. The number of hydrogen-bond acceptors (Lipinski definition) is 5. The first kappa shape index (κ1) is 18.7. The van der Waals surface area contributed by atoms with Crippen molar-refractivity contribution in [3.05, 3.63) is 45.4 Å². The summed E-state index contributed by atoms with van der Waals surface area (Å²) in [6.45, 7) is 2.61. The standard InChI is InChI=1S/C18H20ClN3O3S/c1-11-2-3-12(17(20)23)8-22(11)18(24)15-10-26-16(21-15)9-25-14-6-4-13(19)5-7-14/h4-7,10-12H,2-3,8-9H2,1H3,(H2,20,23). The van der Waals surface area contributed by atoms with Gasteiger partial charge in [0.05, 0.1) is 5.92 Å². The van der Waals surface area contributed by atoms with Crippen LogP contribution in [-0.4, -0.2) is 34.3 Å². The van der Waals surface area contributed by atoms with Crippen LogP contribution < -0.4 is 10.5 Å². The van der Waals surface area contributed by atoms with E-state index in [1.165, 1.54) is 11.3 Å². The fourth-order valence-corrected chi connectivity index (χ4v) is 3.73. The molecule has 0 spiro atoms. The molecule has 138 valence electrons. The molecule has 26 heavy (non-hydrogen) atoms. The Bertz CT molecular complexity index is 793. The molecule has 1 aromatic heterocycles. The summed E-state index contributed by atoms with van der Waals surface area (Å²) in [5, 5.41) is 3.08. The maximum Gasteiger partial charge on any atom is 0.273 e. The van der Waals surface area contributed by atoms with Gasteiger partial charge in [-0.2, -0.15) is 0 Å². The first-order valence-corrected chi connectivity index (χ1v) is 9.63. The van der Waals surface area contributed by atoms with E-state index in [9.17, 15) is 9.59 Å². The number of piperidine rings is 1. The van der Waals surface area contributed by atoms with Gasteiger partial charge in [0, 0.05) is 23.0 Å². The highest BCUT2D eigenvalue weighted by Gasteiger charge is 2.32. The maximum atomic E-state index is 12.8. The fourth-order valence-electron chi connectivity index (χ4n) is 2.92. The number of halogens is 1. The molecule has 2 aromatic rings. The van der Waals surface area contributed by atoms with E-state index in [0.29, 0.717) is 28.0 Å². The molecular formula is C18H20ClN3O3S. The zero-order valence-electron chi connectivity index (χ0n) is 14.4. The van der Waals surface area contributed by atoms with Crippen LogP contribution in [0.4, 0.5) is 0 Å². The second kappa shape index (κ2) is 8.05. The maximum absolute atomic E-state index is 12.8. The molecule has 2 amide bonds. The minimum Gasteiger partial charge on any atom is -0.486 e. The topological polar surface area (TPSA) is 85.5 Å². The first-order chi connectivity index (χ1) is 12.4. The van der Waals surface area contributed by atoms with Gasteiger partial charge in [0.2, 0.25) is 5.91 Å². The van der Waals surface area contributed by atoms with Crippen LogP contribution in [0.2, 0.25) is 5.02 Å². The van der Waals surface area contributed by atoms with Crippen LogP contribution >= 0.6 is 22.9 Å². The highest BCUT2D eigenvalue weighted by molar-refractivity contribution is 7.09. The SMILES string of the molecule is CC1CCC(C(N)=O)CN1C(=O)c1csc(COc2ccc(Cl)cc2)n1. The third kappa shape index (κ3) is 4.34. The number of nitrogens with two attached hydrogens (primary N) is 1. The quantitative estimate of drug-likeness (QED) is 0.845. The van der Waals surface area contributed by atoms with Crippen LogP contribution in [0.25, 0.3) is 0 Å². The van der Waals surface area contributed by atoms with Gasteiger partial charge in [-0.25, -0.2) is 4.98 Å². The lowest BCUT2D eigenvalue weighted by atomic mass is 9.93. The highest BCUT2D eigenvalue weighted by Crippen LogP contribution is 2.24. The molecule has 0 bridgehead atoms. The molecule has 3 rings (SSSR count). The third-order valence-electron chi connectivity index (χ3n) is 4.49. The molecule has 0 radical (unpaired) electrons. The van der Waals surface area contributed by atoms with Gasteiger partial charge in [0.25, 0.3) is 5.91 Å². The monoisotopic (exact) mass is 393 g/mol. The summed E-state index contributed by atoms with van der Waals surface area (Å²) in [5.41, 5.74) is 5.78. The lowest BCUT2D eigenvalue weighted by Crippen LogP contribution is -2.48. The normalized spacial score (nSPS) is 20.0. The Balaban J connectivity index is 1.63. The molecule has 1 aromatic carbocycles. The third-order valence-corrected chi connectivity index (χ3v) is 5.57. The minimum atomic E-state index is -0.356. The van der Waals surface area contributed by atoms with Gasteiger partial charge < -0.3 is 15.4 Å². The van der Waals surface area contributed by atoms with E-state index in [1.54, 1.807) is 34.5 Å². The molecule has 0 saturated carbocycles. The summed E-state index contributed by atoms with van der Waals surface area (Å²) >= 11 is 7.22. The Morgan fingerprint density at radius 3 is 2.77 bits per heavy atom. The van der Waals surface area contributed by atoms with Crippen LogP contribution in [0.15, 0.2) is 29.6 Å². The van der Waals surface area contributed by atoms with E-state index in [1.807, 2.05) is 6.92 Å². The lowest BCUT2D eigenvalue weighted by molar-refractivity contribution is -0.123. The molecule has 1 aliphatic rings. The van der Waals surface area contributed by atoms with Crippen molar-refractivity contribution < 1.29 is 14.3 Å².